The van der Waals surface area contributed by atoms with Crippen LogP contribution in [-0.4, -0.2) is 55.5 Å². The van der Waals surface area contributed by atoms with Crippen LogP contribution in [-0.2, 0) is 15.7 Å². The lowest BCUT2D eigenvalue weighted by Gasteiger charge is -2.14. The van der Waals surface area contributed by atoms with Gasteiger partial charge in [0.05, 0.1) is 12.8 Å². The molecule has 0 saturated carbocycles. The fourth-order valence-electron chi connectivity index (χ4n) is 3.37. The highest BCUT2D eigenvalue weighted by Crippen LogP contribution is 2.36. The van der Waals surface area contributed by atoms with Crippen LogP contribution in [0.15, 0.2) is 30.6 Å². The first-order valence-corrected chi connectivity index (χ1v) is 13.1. The van der Waals surface area contributed by atoms with Crippen molar-refractivity contribution in [3.05, 3.63) is 42.2 Å². The molecule has 200 valence electrons. The van der Waals surface area contributed by atoms with Crippen molar-refractivity contribution in [1.82, 2.24) is 25.1 Å². The number of anilines is 2. The summed E-state index contributed by atoms with van der Waals surface area (Å²) in [4.78, 5) is 20.1. The van der Waals surface area contributed by atoms with Gasteiger partial charge >= 0.3 is 6.09 Å². The molecular weight excluding hydrogens is 504 g/mol. The number of hydrogen-bond acceptors (Lipinski definition) is 7. The number of nitrogens with one attached hydrogen (secondary N) is 3. The van der Waals surface area contributed by atoms with Crippen molar-refractivity contribution < 1.29 is 22.5 Å². The number of amides is 1. The molecule has 0 aliphatic rings. The van der Waals surface area contributed by atoms with Gasteiger partial charge in [-0.05, 0) is 45.4 Å². The molecular formula is C24H31F2N7O3S. The van der Waals surface area contributed by atoms with E-state index in [1.165, 1.54) is 13.2 Å². The molecule has 0 radical (unpaired) electrons. The minimum Gasteiger partial charge on any atom is -0.453 e. The normalized spacial score (nSPS) is 12.8. The molecule has 1 amide bonds. The number of carbonyl (C=O) groups is 1. The lowest BCUT2D eigenvalue weighted by molar-refractivity contribution is 0.168. The number of aromatic nitrogens is 4. The number of nitrogens with zero attached hydrogens (tertiary/aromatic N) is 4. The fourth-order valence-corrected chi connectivity index (χ4v) is 4.26. The highest BCUT2D eigenvalue weighted by Gasteiger charge is 2.23. The monoisotopic (exact) mass is 535 g/mol. The van der Waals surface area contributed by atoms with Crippen molar-refractivity contribution in [1.29, 1.82) is 0 Å². The molecule has 3 aromatic rings. The van der Waals surface area contributed by atoms with E-state index in [-0.39, 0.29) is 35.0 Å². The molecule has 0 saturated heterocycles. The predicted octanol–water partition coefficient (Wildman–Crippen LogP) is 4.51. The topological polar surface area (TPSA) is 123 Å². The standard InChI is InChI=1S/C24H31F2N7O3S/c1-6-11-37(35)32-22-18(25)8-7-16(20(22)26)21-17(13-33(31-21)14(2)3)19-9-10-27-23(30-19)28-12-15(4)29-24(34)36-5/h7-10,13-15,32H,6,11-12H2,1-5H3,(H,29,34)(H,27,28,30)/t15-,37?/m0/s1. The molecule has 0 aliphatic heterocycles. The van der Waals surface area contributed by atoms with E-state index < -0.39 is 34.4 Å². The second kappa shape index (κ2) is 12.6. The quantitative estimate of drug-likeness (QED) is 0.330. The van der Waals surface area contributed by atoms with Crippen LogP contribution in [0, 0.1) is 11.6 Å². The third-order valence-electron chi connectivity index (χ3n) is 5.26. The molecule has 13 heteroatoms. The zero-order valence-electron chi connectivity index (χ0n) is 21.3. The molecule has 2 heterocycles. The second-order valence-corrected chi connectivity index (χ2v) is 9.89. The summed E-state index contributed by atoms with van der Waals surface area (Å²) in [6.07, 6.45) is 3.32. The van der Waals surface area contributed by atoms with Gasteiger partial charge in [0.15, 0.2) is 5.82 Å². The van der Waals surface area contributed by atoms with E-state index in [9.17, 15) is 13.4 Å². The molecule has 0 spiro atoms. The Balaban J connectivity index is 1.99. The van der Waals surface area contributed by atoms with Crippen LogP contribution < -0.4 is 15.4 Å². The number of rotatable bonds is 11. The number of alkyl carbamates (subject to hydrolysis) is 1. The molecule has 3 N–H and O–H groups in total. The summed E-state index contributed by atoms with van der Waals surface area (Å²) in [5.41, 5.74) is 0.787. The van der Waals surface area contributed by atoms with Gasteiger partial charge in [0, 0.05) is 47.9 Å². The first-order chi connectivity index (χ1) is 17.6. The van der Waals surface area contributed by atoms with E-state index >= 15 is 4.39 Å². The van der Waals surface area contributed by atoms with Gasteiger partial charge in [0.25, 0.3) is 0 Å². The smallest absolute Gasteiger partial charge is 0.407 e. The molecule has 0 fully saturated rings. The van der Waals surface area contributed by atoms with Gasteiger partial charge in [-0.1, -0.05) is 6.92 Å². The van der Waals surface area contributed by atoms with E-state index in [0.29, 0.717) is 24.2 Å². The van der Waals surface area contributed by atoms with Crippen LogP contribution in [0.2, 0.25) is 0 Å². The minimum absolute atomic E-state index is 0.0378. The first kappa shape index (κ1) is 28.0. The summed E-state index contributed by atoms with van der Waals surface area (Å²) < 4.78 is 50.9. The van der Waals surface area contributed by atoms with Gasteiger partial charge in [-0.15, -0.1) is 0 Å². The van der Waals surface area contributed by atoms with Gasteiger partial charge in [-0.25, -0.2) is 27.8 Å². The lowest BCUT2D eigenvalue weighted by atomic mass is 10.0. The highest BCUT2D eigenvalue weighted by atomic mass is 32.2. The molecule has 3 rings (SSSR count). The zero-order chi connectivity index (χ0) is 27.1. The van der Waals surface area contributed by atoms with E-state index in [1.54, 1.807) is 30.1 Å². The summed E-state index contributed by atoms with van der Waals surface area (Å²) in [5.74, 6) is -1.20. The highest BCUT2D eigenvalue weighted by molar-refractivity contribution is 7.86. The van der Waals surface area contributed by atoms with Crippen LogP contribution in [0.1, 0.15) is 40.2 Å². The van der Waals surface area contributed by atoms with E-state index in [1.807, 2.05) is 20.8 Å². The summed E-state index contributed by atoms with van der Waals surface area (Å²) in [6, 6.07) is 3.76. The number of ether oxygens (including phenoxy) is 1. The number of carbonyl (C=O) groups excluding carboxylic acids is 1. The van der Waals surface area contributed by atoms with Crippen molar-refractivity contribution >= 4 is 28.7 Å². The van der Waals surface area contributed by atoms with Crippen molar-refractivity contribution in [2.24, 2.45) is 0 Å². The molecule has 1 unspecified atom stereocenters. The van der Waals surface area contributed by atoms with Crippen LogP contribution in [0.25, 0.3) is 22.5 Å². The van der Waals surface area contributed by atoms with Crippen molar-refractivity contribution in [2.45, 2.75) is 46.2 Å². The Hall–Kier alpha value is -3.61. The van der Waals surface area contributed by atoms with Gasteiger partial charge in [0.1, 0.15) is 28.2 Å². The Kier molecular flexibility index (Phi) is 9.50. The molecule has 0 aliphatic carbocycles. The molecule has 2 aromatic heterocycles. The molecule has 0 bridgehead atoms. The number of methoxy groups -OCH3 is 1. The van der Waals surface area contributed by atoms with Crippen LogP contribution in [0.3, 0.4) is 0 Å². The summed E-state index contributed by atoms with van der Waals surface area (Å²) >= 11 is 0. The zero-order valence-corrected chi connectivity index (χ0v) is 22.2. The Morgan fingerprint density at radius 3 is 2.62 bits per heavy atom. The van der Waals surface area contributed by atoms with Gasteiger partial charge in [-0.3, -0.25) is 9.40 Å². The van der Waals surface area contributed by atoms with Crippen LogP contribution >= 0.6 is 0 Å². The Bertz CT molecular complexity index is 1270. The summed E-state index contributed by atoms with van der Waals surface area (Å²) in [6.45, 7) is 7.78. The van der Waals surface area contributed by atoms with Crippen LogP contribution in [0.4, 0.5) is 25.2 Å². The molecule has 1 aromatic carbocycles. The average molecular weight is 536 g/mol. The fraction of sp³-hybridized carbons (Fsp3) is 0.417. The maximum absolute atomic E-state index is 15.6. The maximum atomic E-state index is 15.6. The molecule has 10 nitrogen and oxygen atoms in total. The van der Waals surface area contributed by atoms with E-state index in [0.717, 1.165) is 6.07 Å². The maximum Gasteiger partial charge on any atom is 0.407 e. The Labute approximate surface area is 216 Å². The van der Waals surface area contributed by atoms with E-state index in [4.69, 9.17) is 0 Å². The van der Waals surface area contributed by atoms with Gasteiger partial charge in [0.2, 0.25) is 5.95 Å². The Morgan fingerprint density at radius 1 is 1.19 bits per heavy atom. The summed E-state index contributed by atoms with van der Waals surface area (Å²) in [7, 11) is -0.350. The van der Waals surface area contributed by atoms with Crippen molar-refractivity contribution in [2.75, 3.05) is 29.4 Å². The van der Waals surface area contributed by atoms with Crippen molar-refractivity contribution in [3.8, 4) is 22.5 Å². The first-order valence-electron chi connectivity index (χ1n) is 11.8. The van der Waals surface area contributed by atoms with Gasteiger partial charge < -0.3 is 15.4 Å². The van der Waals surface area contributed by atoms with Crippen molar-refractivity contribution in [3.63, 3.8) is 0 Å². The van der Waals surface area contributed by atoms with Gasteiger partial charge in [-0.2, -0.15) is 5.10 Å². The molecule has 37 heavy (non-hydrogen) atoms. The lowest BCUT2D eigenvalue weighted by Crippen LogP contribution is -2.37. The SMILES string of the molecule is CCCS(=O)Nc1c(F)ccc(-c2nn(C(C)C)cc2-c2ccnc(NC[C@H](C)NC(=O)OC)n2)c1F. The number of halogens is 2. The largest absolute Gasteiger partial charge is 0.453 e. The van der Waals surface area contributed by atoms with Crippen LogP contribution in [0.5, 0.6) is 0 Å². The average Bonchev–Trinajstić information content (AvgIpc) is 3.31. The second-order valence-electron chi connectivity index (χ2n) is 8.58. The Morgan fingerprint density at radius 2 is 1.95 bits per heavy atom. The minimum atomic E-state index is -1.63. The predicted molar refractivity (Wildman–Crippen MR) is 139 cm³/mol. The van der Waals surface area contributed by atoms with E-state index in [2.05, 4.69) is 35.2 Å². The third kappa shape index (κ3) is 7.00. The summed E-state index contributed by atoms with van der Waals surface area (Å²) in [5, 5.41) is 10.2. The third-order valence-corrected chi connectivity index (χ3v) is 6.47. The molecule has 2 atom stereocenters. The number of hydrogen-bond donors (Lipinski definition) is 3. The number of benzene rings is 1.